The van der Waals surface area contributed by atoms with Crippen LogP contribution in [0.3, 0.4) is 0 Å². The van der Waals surface area contributed by atoms with Gasteiger partial charge in [0.2, 0.25) is 5.95 Å². The summed E-state index contributed by atoms with van der Waals surface area (Å²) in [6, 6.07) is 15.8. The number of hydrogen-bond acceptors (Lipinski definition) is 6. The summed E-state index contributed by atoms with van der Waals surface area (Å²) in [7, 11) is 3.25. The second-order valence-electron chi connectivity index (χ2n) is 5.61. The summed E-state index contributed by atoms with van der Waals surface area (Å²) in [5.74, 6) is 1.92. The van der Waals surface area contributed by atoms with Crippen LogP contribution in [0.1, 0.15) is 0 Å². The molecule has 4 rings (SSSR count). The molecule has 0 aliphatic heterocycles. The van der Waals surface area contributed by atoms with E-state index in [1.807, 2.05) is 42.6 Å². The summed E-state index contributed by atoms with van der Waals surface area (Å²) in [5, 5.41) is 5.35. The van der Waals surface area contributed by atoms with Gasteiger partial charge in [0.15, 0.2) is 0 Å². The summed E-state index contributed by atoms with van der Waals surface area (Å²) in [6.45, 7) is 0. The Morgan fingerprint density at radius 3 is 2.62 bits per heavy atom. The Balaban J connectivity index is 1.72. The lowest BCUT2D eigenvalue weighted by molar-refractivity contribution is 0.395. The number of benzene rings is 2. The van der Waals surface area contributed by atoms with E-state index in [1.165, 1.54) is 0 Å². The largest absolute Gasteiger partial charge is 0.497 e. The molecule has 0 atom stereocenters. The topological polar surface area (TPSA) is 56.3 Å². The van der Waals surface area contributed by atoms with E-state index in [-0.39, 0.29) is 0 Å². The molecule has 1 N–H and O–H groups in total. The number of nitrogens with zero attached hydrogens (tertiary/aromatic N) is 2. The molecule has 2 heterocycles. The van der Waals surface area contributed by atoms with E-state index >= 15 is 0 Å². The third kappa shape index (κ3) is 3.07. The Morgan fingerprint density at radius 2 is 1.85 bits per heavy atom. The highest BCUT2D eigenvalue weighted by atomic mass is 32.1. The van der Waals surface area contributed by atoms with Crippen molar-refractivity contribution in [1.29, 1.82) is 0 Å². The van der Waals surface area contributed by atoms with E-state index in [1.54, 1.807) is 25.6 Å². The van der Waals surface area contributed by atoms with Crippen LogP contribution in [0.4, 0.5) is 11.6 Å². The molecule has 0 bridgehead atoms. The quantitative estimate of drug-likeness (QED) is 0.533. The van der Waals surface area contributed by atoms with Gasteiger partial charge in [-0.2, -0.15) is 0 Å². The molecule has 130 valence electrons. The summed E-state index contributed by atoms with van der Waals surface area (Å²) in [6.07, 6.45) is 1.85. The van der Waals surface area contributed by atoms with Crippen molar-refractivity contribution in [2.24, 2.45) is 0 Å². The zero-order chi connectivity index (χ0) is 17.9. The van der Waals surface area contributed by atoms with Gasteiger partial charge in [0, 0.05) is 17.0 Å². The average molecular weight is 363 g/mol. The van der Waals surface area contributed by atoms with Crippen molar-refractivity contribution in [3.8, 4) is 22.6 Å². The van der Waals surface area contributed by atoms with Crippen LogP contribution in [-0.4, -0.2) is 24.2 Å². The first-order chi connectivity index (χ1) is 12.8. The van der Waals surface area contributed by atoms with Crippen LogP contribution >= 0.6 is 11.3 Å². The maximum absolute atomic E-state index is 5.43. The molecule has 0 unspecified atom stereocenters. The maximum Gasteiger partial charge on any atom is 0.227 e. The minimum Gasteiger partial charge on any atom is -0.497 e. The molecule has 0 fully saturated rings. The zero-order valence-corrected chi connectivity index (χ0v) is 15.2. The molecule has 6 heteroatoms. The highest BCUT2D eigenvalue weighted by Gasteiger charge is 2.11. The molecule has 0 saturated carbocycles. The Morgan fingerprint density at radius 1 is 1.00 bits per heavy atom. The number of hydrogen-bond donors (Lipinski definition) is 1. The van der Waals surface area contributed by atoms with Crippen LogP contribution in [0.25, 0.3) is 21.3 Å². The molecular formula is C20H17N3O2S. The van der Waals surface area contributed by atoms with Crippen LogP contribution in [0.5, 0.6) is 11.5 Å². The summed E-state index contributed by atoms with van der Waals surface area (Å²) >= 11 is 1.64. The zero-order valence-electron chi connectivity index (χ0n) is 14.4. The van der Waals surface area contributed by atoms with Gasteiger partial charge < -0.3 is 14.8 Å². The Bertz CT molecular complexity index is 1050. The van der Waals surface area contributed by atoms with Gasteiger partial charge in [-0.1, -0.05) is 30.3 Å². The van der Waals surface area contributed by atoms with Gasteiger partial charge in [-0.25, -0.2) is 9.97 Å². The van der Waals surface area contributed by atoms with Crippen molar-refractivity contribution in [1.82, 2.24) is 9.97 Å². The third-order valence-corrected chi connectivity index (χ3v) is 4.96. The number of aromatic nitrogens is 2. The van der Waals surface area contributed by atoms with Crippen molar-refractivity contribution >= 4 is 33.2 Å². The fraction of sp³-hybridized carbons (Fsp3) is 0.100. The SMILES string of the molecule is COc1ccc(Nc2ncc3scc(-c4ccccc4)c3n2)c(OC)c1. The highest BCUT2D eigenvalue weighted by Crippen LogP contribution is 2.34. The second kappa shape index (κ2) is 7.01. The van der Waals surface area contributed by atoms with Crippen LogP contribution in [0.15, 0.2) is 60.1 Å². The lowest BCUT2D eigenvalue weighted by atomic mass is 10.1. The summed E-state index contributed by atoms with van der Waals surface area (Å²) in [4.78, 5) is 9.15. The lowest BCUT2D eigenvalue weighted by Gasteiger charge is -2.11. The van der Waals surface area contributed by atoms with Gasteiger partial charge in [-0.05, 0) is 17.7 Å². The predicted octanol–water partition coefficient (Wildman–Crippen LogP) is 5.12. The molecule has 0 radical (unpaired) electrons. The molecule has 0 aliphatic rings. The average Bonchev–Trinajstić information content (AvgIpc) is 3.12. The molecule has 2 aromatic carbocycles. The monoisotopic (exact) mass is 363 g/mol. The van der Waals surface area contributed by atoms with Crippen molar-refractivity contribution in [3.05, 3.63) is 60.1 Å². The number of ether oxygens (including phenoxy) is 2. The first kappa shape index (κ1) is 16.4. The smallest absolute Gasteiger partial charge is 0.227 e. The van der Waals surface area contributed by atoms with Gasteiger partial charge in [-0.3, -0.25) is 0 Å². The van der Waals surface area contributed by atoms with E-state index in [0.29, 0.717) is 11.7 Å². The van der Waals surface area contributed by atoms with Crippen LogP contribution < -0.4 is 14.8 Å². The molecule has 26 heavy (non-hydrogen) atoms. The number of nitrogens with one attached hydrogen (secondary N) is 1. The molecular weight excluding hydrogens is 346 g/mol. The normalized spacial score (nSPS) is 10.7. The minimum absolute atomic E-state index is 0.525. The van der Waals surface area contributed by atoms with Gasteiger partial charge in [0.1, 0.15) is 11.5 Å². The van der Waals surface area contributed by atoms with Gasteiger partial charge in [-0.15, -0.1) is 11.3 Å². The van der Waals surface area contributed by atoms with Crippen LogP contribution in [-0.2, 0) is 0 Å². The van der Waals surface area contributed by atoms with Crippen LogP contribution in [0.2, 0.25) is 0 Å². The Labute approximate surface area is 155 Å². The first-order valence-electron chi connectivity index (χ1n) is 8.07. The number of fused-ring (bicyclic) bond motifs is 1. The van der Waals surface area contributed by atoms with Gasteiger partial charge in [0.05, 0.1) is 36.3 Å². The summed E-state index contributed by atoms with van der Waals surface area (Å²) in [5.41, 5.74) is 3.97. The fourth-order valence-electron chi connectivity index (χ4n) is 2.73. The third-order valence-electron chi connectivity index (χ3n) is 4.05. The van der Waals surface area contributed by atoms with Crippen molar-refractivity contribution in [2.75, 3.05) is 19.5 Å². The fourth-order valence-corrected chi connectivity index (χ4v) is 3.61. The molecule has 0 spiro atoms. The molecule has 0 saturated heterocycles. The van der Waals surface area contributed by atoms with Crippen molar-refractivity contribution in [2.45, 2.75) is 0 Å². The van der Waals surface area contributed by atoms with E-state index in [9.17, 15) is 0 Å². The van der Waals surface area contributed by atoms with Crippen LogP contribution in [0, 0.1) is 0 Å². The standard InChI is InChI=1S/C20H17N3O2S/c1-24-14-8-9-16(17(10-14)25-2)22-20-21-11-18-19(23-20)15(12-26-18)13-6-4-3-5-7-13/h3-12H,1-2H3,(H,21,22,23). The number of methoxy groups -OCH3 is 2. The molecule has 2 aromatic heterocycles. The van der Waals surface area contributed by atoms with E-state index in [2.05, 4.69) is 27.8 Å². The number of thiophene rings is 1. The summed E-state index contributed by atoms with van der Waals surface area (Å²) < 4.78 is 11.7. The second-order valence-corrected chi connectivity index (χ2v) is 6.52. The molecule has 5 nitrogen and oxygen atoms in total. The highest BCUT2D eigenvalue weighted by molar-refractivity contribution is 7.17. The van der Waals surface area contributed by atoms with Gasteiger partial charge in [0.25, 0.3) is 0 Å². The van der Waals surface area contributed by atoms with E-state index in [4.69, 9.17) is 14.5 Å². The number of anilines is 2. The van der Waals surface area contributed by atoms with Gasteiger partial charge >= 0.3 is 0 Å². The Hall–Kier alpha value is -3.12. The van der Waals surface area contributed by atoms with Crippen molar-refractivity contribution < 1.29 is 9.47 Å². The number of rotatable bonds is 5. The Kier molecular flexibility index (Phi) is 4.41. The predicted molar refractivity (Wildman–Crippen MR) is 106 cm³/mol. The molecule has 0 aliphatic carbocycles. The molecule has 4 aromatic rings. The molecule has 0 amide bonds. The van der Waals surface area contributed by atoms with Crippen molar-refractivity contribution in [3.63, 3.8) is 0 Å². The first-order valence-corrected chi connectivity index (χ1v) is 8.95. The maximum atomic E-state index is 5.43. The lowest BCUT2D eigenvalue weighted by Crippen LogP contribution is -1.99. The van der Waals surface area contributed by atoms with E-state index < -0.39 is 0 Å². The van der Waals surface area contributed by atoms with E-state index in [0.717, 1.165) is 32.8 Å². The minimum atomic E-state index is 0.525.